The number of anilines is 1. The van der Waals surface area contributed by atoms with Crippen LogP contribution in [0.25, 0.3) is 11.3 Å². The van der Waals surface area contributed by atoms with Gasteiger partial charge in [-0.05, 0) is 44.5 Å². The number of piperidine rings is 1. The molecule has 5 rings (SSSR count). The molecule has 29 heavy (non-hydrogen) atoms. The van der Waals surface area contributed by atoms with Gasteiger partial charge in [0.2, 0.25) is 5.95 Å². The molecule has 6 nitrogen and oxygen atoms in total. The van der Waals surface area contributed by atoms with E-state index in [2.05, 4.69) is 14.9 Å². The number of aromatic nitrogens is 2. The van der Waals surface area contributed by atoms with E-state index in [9.17, 15) is 4.79 Å². The molecule has 2 aliphatic rings. The summed E-state index contributed by atoms with van der Waals surface area (Å²) in [5.41, 5.74) is 3.49. The summed E-state index contributed by atoms with van der Waals surface area (Å²) in [4.78, 5) is 26.8. The topological polar surface area (TPSA) is 62.5 Å². The van der Waals surface area contributed by atoms with Crippen LogP contribution in [0.4, 0.5) is 5.95 Å². The van der Waals surface area contributed by atoms with Gasteiger partial charge in [0.25, 0.3) is 5.91 Å². The summed E-state index contributed by atoms with van der Waals surface area (Å²) in [7, 11) is 0. The van der Waals surface area contributed by atoms with Crippen molar-refractivity contribution < 1.29 is 9.21 Å². The van der Waals surface area contributed by atoms with Gasteiger partial charge in [-0.15, -0.1) is 0 Å². The quantitative estimate of drug-likeness (QED) is 0.685. The first kappa shape index (κ1) is 17.9. The molecule has 0 saturated carbocycles. The van der Waals surface area contributed by atoms with Gasteiger partial charge in [-0.1, -0.05) is 18.2 Å². The van der Waals surface area contributed by atoms with Crippen molar-refractivity contribution in [2.45, 2.75) is 26.3 Å². The van der Waals surface area contributed by atoms with Crippen LogP contribution < -0.4 is 4.90 Å². The average Bonchev–Trinajstić information content (AvgIpc) is 3.22. The maximum Gasteiger partial charge on any atom is 0.254 e. The number of hydrogen-bond donors (Lipinski definition) is 0. The molecule has 0 spiro atoms. The van der Waals surface area contributed by atoms with E-state index in [1.165, 1.54) is 0 Å². The first-order valence-electron chi connectivity index (χ1n) is 10.1. The maximum absolute atomic E-state index is 13.4. The van der Waals surface area contributed by atoms with Crippen LogP contribution in [-0.2, 0) is 0 Å². The van der Waals surface area contributed by atoms with E-state index in [-0.39, 0.29) is 11.9 Å². The lowest BCUT2D eigenvalue weighted by Crippen LogP contribution is -2.65. The van der Waals surface area contributed by atoms with Crippen molar-refractivity contribution >= 4 is 11.9 Å². The molecule has 2 aliphatic heterocycles. The van der Waals surface area contributed by atoms with Gasteiger partial charge in [0.05, 0.1) is 17.9 Å². The van der Waals surface area contributed by atoms with E-state index in [1.807, 2.05) is 61.2 Å². The van der Waals surface area contributed by atoms with Crippen molar-refractivity contribution in [2.24, 2.45) is 5.92 Å². The molecule has 1 aromatic carbocycles. The van der Waals surface area contributed by atoms with E-state index >= 15 is 0 Å². The van der Waals surface area contributed by atoms with Crippen molar-refractivity contribution in [1.82, 2.24) is 14.9 Å². The normalized spacial score (nSPS) is 20.9. The van der Waals surface area contributed by atoms with Crippen LogP contribution >= 0.6 is 0 Å². The molecule has 0 bridgehead atoms. The highest BCUT2D eigenvalue weighted by molar-refractivity contribution is 6.00. The van der Waals surface area contributed by atoms with Crippen molar-refractivity contribution in [3.63, 3.8) is 0 Å². The molecule has 2 atom stereocenters. The SMILES string of the molecule is Cc1cc(C)nc(N2C[C@@H]3CCN(C(=O)c4ccccc4-c4ccco4)C[C@@H]32)n1. The standard InChI is InChI=1S/C23H24N4O2/c1-15-12-16(2)25-23(24-15)27-13-17-9-10-26(14-20(17)27)22(28)19-7-4-3-6-18(19)21-8-5-11-29-21/h3-8,11-12,17,20H,9-10,13-14H2,1-2H3/t17-,20-/m0/s1. The zero-order chi connectivity index (χ0) is 20.0. The molecule has 3 aromatic rings. The smallest absolute Gasteiger partial charge is 0.254 e. The molecule has 2 aromatic heterocycles. The molecular formula is C23H24N4O2. The Balaban J connectivity index is 1.38. The number of rotatable bonds is 3. The Morgan fingerprint density at radius 3 is 2.62 bits per heavy atom. The molecule has 1 amide bonds. The lowest BCUT2D eigenvalue weighted by atomic mass is 9.82. The van der Waals surface area contributed by atoms with Gasteiger partial charge in [0, 0.05) is 42.5 Å². The molecule has 4 heterocycles. The van der Waals surface area contributed by atoms with Crippen LogP contribution in [0, 0.1) is 19.8 Å². The number of amides is 1. The maximum atomic E-state index is 13.4. The summed E-state index contributed by atoms with van der Waals surface area (Å²) in [6, 6.07) is 13.7. The van der Waals surface area contributed by atoms with Gasteiger partial charge in [-0.2, -0.15) is 0 Å². The van der Waals surface area contributed by atoms with Crippen LogP contribution in [0.5, 0.6) is 0 Å². The Bertz CT molecular complexity index is 1030. The van der Waals surface area contributed by atoms with E-state index in [0.29, 0.717) is 18.0 Å². The lowest BCUT2D eigenvalue weighted by molar-refractivity contribution is 0.0590. The number of benzene rings is 1. The number of nitrogens with zero attached hydrogens (tertiary/aromatic N) is 4. The first-order valence-corrected chi connectivity index (χ1v) is 10.1. The Morgan fingerprint density at radius 2 is 1.86 bits per heavy atom. The fraction of sp³-hybridized carbons (Fsp3) is 0.348. The molecule has 0 N–H and O–H groups in total. The van der Waals surface area contributed by atoms with Crippen LogP contribution in [0.1, 0.15) is 28.2 Å². The second-order valence-corrected chi connectivity index (χ2v) is 7.99. The number of aryl methyl sites for hydroxylation is 2. The monoisotopic (exact) mass is 388 g/mol. The molecule has 6 heteroatoms. The number of hydrogen-bond acceptors (Lipinski definition) is 5. The van der Waals surface area contributed by atoms with Crippen molar-refractivity contribution in [2.75, 3.05) is 24.5 Å². The minimum Gasteiger partial charge on any atom is -0.464 e. The molecule has 148 valence electrons. The van der Waals surface area contributed by atoms with Gasteiger partial charge in [0.15, 0.2) is 0 Å². The van der Waals surface area contributed by atoms with Crippen molar-refractivity contribution in [3.05, 3.63) is 65.7 Å². The van der Waals surface area contributed by atoms with E-state index in [4.69, 9.17) is 4.42 Å². The molecular weight excluding hydrogens is 364 g/mol. The van der Waals surface area contributed by atoms with Gasteiger partial charge < -0.3 is 14.2 Å². The predicted octanol–water partition coefficient (Wildman–Crippen LogP) is 3.70. The van der Waals surface area contributed by atoms with Gasteiger partial charge in [0.1, 0.15) is 5.76 Å². The molecule has 0 aliphatic carbocycles. The number of carbonyl (C=O) groups excluding carboxylic acids is 1. The van der Waals surface area contributed by atoms with Gasteiger partial charge in [-0.3, -0.25) is 4.79 Å². The van der Waals surface area contributed by atoms with Crippen LogP contribution in [0.2, 0.25) is 0 Å². The fourth-order valence-electron chi connectivity index (χ4n) is 4.53. The highest BCUT2D eigenvalue weighted by Crippen LogP contribution is 2.36. The zero-order valence-electron chi connectivity index (χ0n) is 16.7. The summed E-state index contributed by atoms with van der Waals surface area (Å²) in [5, 5.41) is 0. The Hall–Kier alpha value is -3.15. The lowest BCUT2D eigenvalue weighted by Gasteiger charge is -2.53. The predicted molar refractivity (Wildman–Crippen MR) is 111 cm³/mol. The van der Waals surface area contributed by atoms with Crippen molar-refractivity contribution in [1.29, 1.82) is 0 Å². The third kappa shape index (κ3) is 3.18. The number of likely N-dealkylation sites (tertiary alicyclic amines) is 1. The van der Waals surface area contributed by atoms with E-state index in [0.717, 1.165) is 48.2 Å². The Morgan fingerprint density at radius 1 is 1.07 bits per heavy atom. The highest BCUT2D eigenvalue weighted by Gasteiger charge is 2.45. The minimum atomic E-state index is 0.0589. The molecule has 0 radical (unpaired) electrons. The Kier molecular flexibility index (Phi) is 4.34. The minimum absolute atomic E-state index is 0.0589. The number of fused-ring (bicyclic) bond motifs is 1. The number of furan rings is 1. The zero-order valence-corrected chi connectivity index (χ0v) is 16.7. The molecule has 0 unspecified atom stereocenters. The molecule has 2 saturated heterocycles. The van der Waals surface area contributed by atoms with Crippen molar-refractivity contribution in [3.8, 4) is 11.3 Å². The van der Waals surface area contributed by atoms with Gasteiger partial charge >= 0.3 is 0 Å². The van der Waals surface area contributed by atoms with Crippen LogP contribution in [-0.4, -0.2) is 46.5 Å². The third-order valence-electron chi connectivity index (χ3n) is 6.01. The van der Waals surface area contributed by atoms with Crippen LogP contribution in [0.15, 0.2) is 53.1 Å². The highest BCUT2D eigenvalue weighted by atomic mass is 16.3. The summed E-state index contributed by atoms with van der Waals surface area (Å²) in [6.45, 7) is 6.45. The first-order chi connectivity index (χ1) is 14.1. The average molecular weight is 388 g/mol. The fourth-order valence-corrected chi connectivity index (χ4v) is 4.53. The summed E-state index contributed by atoms with van der Waals surface area (Å²) < 4.78 is 5.55. The third-order valence-corrected chi connectivity index (χ3v) is 6.01. The summed E-state index contributed by atoms with van der Waals surface area (Å²) in [5.74, 6) is 2.17. The van der Waals surface area contributed by atoms with E-state index in [1.54, 1.807) is 6.26 Å². The second kappa shape index (κ2) is 7.03. The van der Waals surface area contributed by atoms with E-state index < -0.39 is 0 Å². The Labute approximate surface area is 170 Å². The summed E-state index contributed by atoms with van der Waals surface area (Å²) >= 11 is 0. The number of carbonyl (C=O) groups is 1. The van der Waals surface area contributed by atoms with Gasteiger partial charge in [-0.25, -0.2) is 9.97 Å². The van der Waals surface area contributed by atoms with Crippen LogP contribution in [0.3, 0.4) is 0 Å². The largest absolute Gasteiger partial charge is 0.464 e. The molecule has 2 fully saturated rings. The summed E-state index contributed by atoms with van der Waals surface area (Å²) in [6.07, 6.45) is 2.65. The second-order valence-electron chi connectivity index (χ2n) is 7.99.